The zero-order valence-electron chi connectivity index (χ0n) is 12.8. The summed E-state index contributed by atoms with van der Waals surface area (Å²) >= 11 is 0. The van der Waals surface area contributed by atoms with Crippen LogP contribution >= 0.6 is 0 Å². The molecule has 1 rings (SSSR count). The number of halogens is 3. The number of carbonyl (C=O) groups excluding carboxylic acids is 2. The minimum absolute atomic E-state index is 0.396. The Labute approximate surface area is 127 Å². The molecule has 0 aliphatic heterocycles. The van der Waals surface area contributed by atoms with Gasteiger partial charge in [-0.2, -0.15) is 0 Å². The number of hydrogen-bond acceptors (Lipinski definition) is 2. The molecule has 1 aromatic rings. The second-order valence-electron chi connectivity index (χ2n) is 5.33. The molecule has 1 aromatic carbocycles. The quantitative estimate of drug-likeness (QED) is 0.820. The lowest BCUT2D eigenvalue weighted by molar-refractivity contribution is -0.123. The molecule has 0 spiro atoms. The maximum absolute atomic E-state index is 13.7. The van der Waals surface area contributed by atoms with E-state index >= 15 is 0 Å². The highest BCUT2D eigenvalue weighted by molar-refractivity contribution is 5.97. The Bertz CT molecular complexity index is 562. The first-order chi connectivity index (χ1) is 10.2. The van der Waals surface area contributed by atoms with Crippen LogP contribution in [0.2, 0.25) is 0 Å². The minimum atomic E-state index is -1.68. The van der Waals surface area contributed by atoms with Gasteiger partial charge in [0.1, 0.15) is 6.54 Å². The van der Waals surface area contributed by atoms with Gasteiger partial charge >= 0.3 is 0 Å². The van der Waals surface area contributed by atoms with Crippen molar-refractivity contribution >= 4 is 17.5 Å². The molecule has 0 bridgehead atoms. The maximum atomic E-state index is 13.7. The van der Waals surface area contributed by atoms with Crippen molar-refractivity contribution in [3.63, 3.8) is 0 Å². The van der Waals surface area contributed by atoms with Crippen LogP contribution in [-0.4, -0.2) is 24.9 Å². The van der Waals surface area contributed by atoms with Crippen molar-refractivity contribution < 1.29 is 22.8 Å². The van der Waals surface area contributed by atoms with Crippen molar-refractivity contribution in [2.75, 3.05) is 18.0 Å². The molecule has 0 saturated heterocycles. The largest absolute Gasteiger partial charge is 0.355 e. The molecule has 0 heterocycles. The second-order valence-corrected chi connectivity index (χ2v) is 5.33. The Morgan fingerprint density at radius 1 is 1.18 bits per heavy atom. The van der Waals surface area contributed by atoms with Crippen molar-refractivity contribution in [3.05, 3.63) is 29.6 Å². The molecule has 2 amide bonds. The predicted molar refractivity (Wildman–Crippen MR) is 76.8 cm³/mol. The van der Waals surface area contributed by atoms with Gasteiger partial charge in [-0.25, -0.2) is 13.2 Å². The Balaban J connectivity index is 2.85. The molecule has 122 valence electrons. The molecule has 7 heteroatoms. The first-order valence-corrected chi connectivity index (χ1v) is 6.92. The molecule has 22 heavy (non-hydrogen) atoms. The number of nitrogens with zero attached hydrogens (tertiary/aromatic N) is 1. The monoisotopic (exact) mass is 316 g/mol. The van der Waals surface area contributed by atoms with E-state index in [1.165, 1.54) is 0 Å². The van der Waals surface area contributed by atoms with Crippen molar-refractivity contribution in [2.45, 2.75) is 27.2 Å². The summed E-state index contributed by atoms with van der Waals surface area (Å²) in [4.78, 5) is 24.1. The van der Waals surface area contributed by atoms with Gasteiger partial charge in [0.05, 0.1) is 5.69 Å². The molecule has 0 fully saturated rings. The summed E-state index contributed by atoms with van der Waals surface area (Å²) < 4.78 is 39.9. The summed E-state index contributed by atoms with van der Waals surface area (Å²) in [6.45, 7) is 5.05. The van der Waals surface area contributed by atoms with Gasteiger partial charge < -0.3 is 10.2 Å². The summed E-state index contributed by atoms with van der Waals surface area (Å²) in [6.07, 6.45) is 0.755. The molecular formula is C15H19F3N2O2. The van der Waals surface area contributed by atoms with Crippen LogP contribution < -0.4 is 10.2 Å². The van der Waals surface area contributed by atoms with E-state index in [0.29, 0.717) is 18.5 Å². The van der Waals surface area contributed by atoms with Crippen LogP contribution in [0.5, 0.6) is 0 Å². The lowest BCUT2D eigenvalue weighted by Crippen LogP contribution is -2.40. The molecule has 0 radical (unpaired) electrons. The fourth-order valence-electron chi connectivity index (χ4n) is 1.79. The molecule has 0 unspecified atom stereocenters. The van der Waals surface area contributed by atoms with Crippen molar-refractivity contribution in [1.82, 2.24) is 5.32 Å². The summed E-state index contributed by atoms with van der Waals surface area (Å²) in [5, 5.41) is 2.59. The van der Waals surface area contributed by atoms with Gasteiger partial charge in [0.15, 0.2) is 17.5 Å². The molecular weight excluding hydrogens is 297 g/mol. The van der Waals surface area contributed by atoms with Gasteiger partial charge in [0.2, 0.25) is 11.8 Å². The van der Waals surface area contributed by atoms with E-state index in [9.17, 15) is 22.8 Å². The third kappa shape index (κ3) is 4.75. The van der Waals surface area contributed by atoms with E-state index in [4.69, 9.17) is 0 Å². The topological polar surface area (TPSA) is 49.4 Å². The molecule has 4 nitrogen and oxygen atoms in total. The number of rotatable bonds is 6. The van der Waals surface area contributed by atoms with Crippen LogP contribution in [0.15, 0.2) is 12.1 Å². The van der Waals surface area contributed by atoms with E-state index in [1.54, 1.807) is 0 Å². The number of benzene rings is 1. The molecule has 0 aliphatic rings. The average Bonchev–Trinajstić information content (AvgIpc) is 2.42. The van der Waals surface area contributed by atoms with E-state index in [-0.39, 0.29) is 0 Å². The smallest absolute Gasteiger partial charge is 0.240 e. The minimum Gasteiger partial charge on any atom is -0.355 e. The first-order valence-electron chi connectivity index (χ1n) is 6.92. The summed E-state index contributed by atoms with van der Waals surface area (Å²) in [5.74, 6) is -5.28. The van der Waals surface area contributed by atoms with Gasteiger partial charge in [-0.05, 0) is 24.5 Å². The fourth-order valence-corrected chi connectivity index (χ4v) is 1.79. The Morgan fingerprint density at radius 2 is 1.82 bits per heavy atom. The van der Waals surface area contributed by atoms with E-state index < -0.39 is 41.5 Å². The number of anilines is 1. The summed E-state index contributed by atoms with van der Waals surface area (Å²) in [5.41, 5.74) is -0.467. The van der Waals surface area contributed by atoms with Crippen LogP contribution in [0, 0.1) is 23.4 Å². The zero-order chi connectivity index (χ0) is 16.9. The van der Waals surface area contributed by atoms with Crippen LogP contribution in [-0.2, 0) is 9.59 Å². The van der Waals surface area contributed by atoms with Gasteiger partial charge in [-0.15, -0.1) is 0 Å². The summed E-state index contributed by atoms with van der Waals surface area (Å²) in [7, 11) is 0. The standard InChI is InChI=1S/C15H19F3N2O2/c1-9(2)6-7-19-13(22)8-20(10(3)21)12-5-4-11(16)14(17)15(12)18/h4-5,9H,6-8H2,1-3H3,(H,19,22). The van der Waals surface area contributed by atoms with Crippen molar-refractivity contribution in [1.29, 1.82) is 0 Å². The highest BCUT2D eigenvalue weighted by Gasteiger charge is 2.22. The third-order valence-electron chi connectivity index (χ3n) is 3.03. The molecule has 0 saturated carbocycles. The number of nitrogens with one attached hydrogen (secondary N) is 1. The fraction of sp³-hybridized carbons (Fsp3) is 0.467. The lowest BCUT2D eigenvalue weighted by atomic mass is 10.1. The number of carbonyl (C=O) groups is 2. The second kappa shape index (κ2) is 7.82. The van der Waals surface area contributed by atoms with Gasteiger partial charge in [0, 0.05) is 13.5 Å². The van der Waals surface area contributed by atoms with E-state index in [0.717, 1.165) is 24.3 Å². The Morgan fingerprint density at radius 3 is 2.36 bits per heavy atom. The van der Waals surface area contributed by atoms with Gasteiger partial charge in [-0.1, -0.05) is 13.8 Å². The van der Waals surface area contributed by atoms with Crippen LogP contribution in [0.25, 0.3) is 0 Å². The van der Waals surface area contributed by atoms with E-state index in [1.807, 2.05) is 13.8 Å². The lowest BCUT2D eigenvalue weighted by Gasteiger charge is -2.21. The highest BCUT2D eigenvalue weighted by atomic mass is 19.2. The SMILES string of the molecule is CC(=O)N(CC(=O)NCCC(C)C)c1ccc(F)c(F)c1F. The molecule has 0 aliphatic carbocycles. The average molecular weight is 316 g/mol. The van der Waals surface area contributed by atoms with Gasteiger partial charge in [0.25, 0.3) is 0 Å². The normalized spacial score (nSPS) is 10.7. The Kier molecular flexibility index (Phi) is 6.39. The molecule has 1 N–H and O–H groups in total. The van der Waals surface area contributed by atoms with Crippen LogP contribution in [0.1, 0.15) is 27.2 Å². The zero-order valence-corrected chi connectivity index (χ0v) is 12.8. The van der Waals surface area contributed by atoms with E-state index in [2.05, 4.69) is 5.32 Å². The molecule has 0 atom stereocenters. The van der Waals surface area contributed by atoms with Crippen LogP contribution in [0.3, 0.4) is 0 Å². The summed E-state index contributed by atoms with van der Waals surface area (Å²) in [6, 6.07) is 1.64. The first kappa shape index (κ1) is 18.0. The highest BCUT2D eigenvalue weighted by Crippen LogP contribution is 2.23. The molecule has 0 aromatic heterocycles. The van der Waals surface area contributed by atoms with Crippen molar-refractivity contribution in [3.8, 4) is 0 Å². The third-order valence-corrected chi connectivity index (χ3v) is 3.03. The predicted octanol–water partition coefficient (Wildman–Crippen LogP) is 2.62. The van der Waals surface area contributed by atoms with Gasteiger partial charge in [-0.3, -0.25) is 9.59 Å². The number of amides is 2. The number of hydrogen-bond donors (Lipinski definition) is 1. The van der Waals surface area contributed by atoms with Crippen molar-refractivity contribution in [2.24, 2.45) is 5.92 Å². The van der Waals surface area contributed by atoms with Crippen LogP contribution in [0.4, 0.5) is 18.9 Å². The Hall–Kier alpha value is -2.05. The maximum Gasteiger partial charge on any atom is 0.240 e.